The van der Waals surface area contributed by atoms with E-state index in [1.807, 2.05) is 0 Å². The number of nitrogens with zero attached hydrogens (tertiary/aromatic N) is 2. The third-order valence-electron chi connectivity index (χ3n) is 2.81. The van der Waals surface area contributed by atoms with E-state index < -0.39 is 16.2 Å². The molecule has 0 bridgehead atoms. The lowest BCUT2D eigenvalue weighted by molar-refractivity contribution is -0.137. The lowest BCUT2D eigenvalue weighted by Crippen LogP contribution is -2.40. The minimum absolute atomic E-state index is 0.00637. The van der Waals surface area contributed by atoms with E-state index in [2.05, 4.69) is 0 Å². The SMILES string of the molecule is CN(CCC(=O)O)S(=O)(=O)N(C)Cc1ccccc1O. The molecular weight excluding hydrogens is 284 g/mol. The van der Waals surface area contributed by atoms with Crippen molar-refractivity contribution in [3.05, 3.63) is 29.8 Å². The zero-order valence-electron chi connectivity index (χ0n) is 11.4. The van der Waals surface area contributed by atoms with E-state index in [4.69, 9.17) is 5.11 Å². The number of carbonyl (C=O) groups is 1. The zero-order valence-corrected chi connectivity index (χ0v) is 12.2. The van der Waals surface area contributed by atoms with Crippen LogP contribution in [0.25, 0.3) is 0 Å². The average molecular weight is 302 g/mol. The van der Waals surface area contributed by atoms with Gasteiger partial charge in [-0.2, -0.15) is 17.0 Å². The third-order valence-corrected chi connectivity index (χ3v) is 4.70. The van der Waals surface area contributed by atoms with Crippen LogP contribution in [0.15, 0.2) is 24.3 Å². The molecule has 0 aliphatic carbocycles. The maximum atomic E-state index is 12.1. The van der Waals surface area contributed by atoms with Gasteiger partial charge in [-0.3, -0.25) is 4.79 Å². The number of phenolic OH excluding ortho intramolecular Hbond substituents is 1. The first-order chi connectivity index (χ1) is 9.25. The van der Waals surface area contributed by atoms with Gasteiger partial charge in [-0.05, 0) is 6.07 Å². The van der Waals surface area contributed by atoms with Crippen LogP contribution in [0.4, 0.5) is 0 Å². The largest absolute Gasteiger partial charge is 0.508 e. The van der Waals surface area contributed by atoms with E-state index in [0.29, 0.717) is 5.56 Å². The number of carboxylic acids is 1. The van der Waals surface area contributed by atoms with Crippen molar-refractivity contribution in [2.75, 3.05) is 20.6 Å². The Morgan fingerprint density at radius 3 is 2.35 bits per heavy atom. The lowest BCUT2D eigenvalue weighted by Gasteiger charge is -2.24. The lowest BCUT2D eigenvalue weighted by atomic mass is 10.2. The molecule has 112 valence electrons. The van der Waals surface area contributed by atoms with Crippen molar-refractivity contribution in [1.82, 2.24) is 8.61 Å². The number of aromatic hydroxyl groups is 1. The van der Waals surface area contributed by atoms with Gasteiger partial charge in [0.2, 0.25) is 0 Å². The fourth-order valence-corrected chi connectivity index (χ4v) is 2.67. The van der Waals surface area contributed by atoms with Crippen LogP contribution in [-0.4, -0.2) is 53.9 Å². The van der Waals surface area contributed by atoms with Crippen molar-refractivity contribution < 1.29 is 23.4 Å². The molecule has 0 unspecified atom stereocenters. The molecule has 0 aliphatic heterocycles. The Balaban J connectivity index is 2.77. The summed E-state index contributed by atoms with van der Waals surface area (Å²) >= 11 is 0. The van der Waals surface area contributed by atoms with Crippen LogP contribution in [0.1, 0.15) is 12.0 Å². The molecule has 0 saturated heterocycles. The van der Waals surface area contributed by atoms with Crippen molar-refractivity contribution in [1.29, 1.82) is 0 Å². The van der Waals surface area contributed by atoms with Crippen LogP contribution >= 0.6 is 0 Å². The summed E-state index contributed by atoms with van der Waals surface area (Å²) in [5.74, 6) is -1.04. The average Bonchev–Trinajstić information content (AvgIpc) is 2.38. The topological polar surface area (TPSA) is 98.2 Å². The normalized spacial score (nSPS) is 12.0. The number of rotatable bonds is 7. The summed E-state index contributed by atoms with van der Waals surface area (Å²) in [6, 6.07) is 6.44. The molecule has 0 aliphatic rings. The molecule has 0 fully saturated rings. The van der Waals surface area contributed by atoms with Crippen LogP contribution in [0.3, 0.4) is 0 Å². The summed E-state index contributed by atoms with van der Waals surface area (Å²) in [7, 11) is -1.06. The number of aliphatic carboxylic acids is 1. The minimum Gasteiger partial charge on any atom is -0.508 e. The van der Waals surface area contributed by atoms with E-state index in [-0.39, 0.29) is 25.3 Å². The molecule has 7 nitrogen and oxygen atoms in total. The van der Waals surface area contributed by atoms with Gasteiger partial charge in [0, 0.05) is 32.7 Å². The third kappa shape index (κ3) is 4.19. The van der Waals surface area contributed by atoms with Gasteiger partial charge < -0.3 is 10.2 Å². The molecule has 0 aromatic heterocycles. The first-order valence-electron chi connectivity index (χ1n) is 5.91. The summed E-state index contributed by atoms with van der Waals surface area (Å²) in [6.45, 7) is -0.102. The van der Waals surface area contributed by atoms with Crippen LogP contribution in [0.2, 0.25) is 0 Å². The maximum Gasteiger partial charge on any atom is 0.304 e. The number of para-hydroxylation sites is 1. The quantitative estimate of drug-likeness (QED) is 0.763. The molecular formula is C12H18N2O5S. The fourth-order valence-electron chi connectivity index (χ4n) is 1.57. The molecule has 8 heteroatoms. The Kier molecular flexibility index (Phi) is 5.49. The molecule has 0 saturated carbocycles. The molecule has 0 spiro atoms. The summed E-state index contributed by atoms with van der Waals surface area (Å²) < 4.78 is 26.3. The second kappa shape index (κ2) is 6.69. The van der Waals surface area contributed by atoms with E-state index in [1.54, 1.807) is 18.2 Å². The Bertz CT molecular complexity index is 573. The van der Waals surface area contributed by atoms with Gasteiger partial charge in [0.05, 0.1) is 6.42 Å². The first kappa shape index (κ1) is 16.4. The van der Waals surface area contributed by atoms with Crippen LogP contribution < -0.4 is 0 Å². The van der Waals surface area contributed by atoms with Gasteiger partial charge in [-0.1, -0.05) is 18.2 Å². The van der Waals surface area contributed by atoms with E-state index in [1.165, 1.54) is 20.2 Å². The van der Waals surface area contributed by atoms with Gasteiger partial charge in [-0.25, -0.2) is 0 Å². The molecule has 0 heterocycles. The number of carboxylic acid groups (broad SMARTS) is 1. The molecule has 20 heavy (non-hydrogen) atoms. The standard InChI is InChI=1S/C12H18N2O5S/c1-13(8-7-12(16)17)20(18,19)14(2)9-10-5-3-4-6-11(10)15/h3-6,15H,7-9H2,1-2H3,(H,16,17). The second-order valence-electron chi connectivity index (χ2n) is 4.36. The number of phenols is 1. The monoisotopic (exact) mass is 302 g/mol. The Hall–Kier alpha value is -1.64. The van der Waals surface area contributed by atoms with Gasteiger partial charge >= 0.3 is 5.97 Å². The molecule has 1 aromatic rings. The van der Waals surface area contributed by atoms with Crippen molar-refractivity contribution in [3.8, 4) is 5.75 Å². The van der Waals surface area contributed by atoms with Gasteiger partial charge in [0.15, 0.2) is 0 Å². The van der Waals surface area contributed by atoms with Gasteiger partial charge in [0.25, 0.3) is 10.2 Å². The van der Waals surface area contributed by atoms with Gasteiger partial charge in [-0.15, -0.1) is 0 Å². The van der Waals surface area contributed by atoms with E-state index >= 15 is 0 Å². The highest BCUT2D eigenvalue weighted by Crippen LogP contribution is 2.19. The maximum absolute atomic E-state index is 12.1. The highest BCUT2D eigenvalue weighted by molar-refractivity contribution is 7.86. The van der Waals surface area contributed by atoms with Crippen molar-refractivity contribution in [2.45, 2.75) is 13.0 Å². The van der Waals surface area contributed by atoms with Crippen LogP contribution in [-0.2, 0) is 21.5 Å². The summed E-state index contributed by atoms with van der Waals surface area (Å²) in [4.78, 5) is 10.5. The summed E-state index contributed by atoms with van der Waals surface area (Å²) in [6.07, 6.45) is -0.264. The van der Waals surface area contributed by atoms with E-state index in [0.717, 1.165) is 8.61 Å². The Morgan fingerprint density at radius 2 is 1.80 bits per heavy atom. The molecule has 0 radical (unpaired) electrons. The predicted octanol–water partition coefficient (Wildman–Crippen LogP) is 0.475. The van der Waals surface area contributed by atoms with Crippen molar-refractivity contribution >= 4 is 16.2 Å². The van der Waals surface area contributed by atoms with E-state index in [9.17, 15) is 18.3 Å². The molecule has 2 N–H and O–H groups in total. The highest BCUT2D eigenvalue weighted by atomic mass is 32.2. The fraction of sp³-hybridized carbons (Fsp3) is 0.417. The molecule has 1 rings (SSSR count). The highest BCUT2D eigenvalue weighted by Gasteiger charge is 2.24. The van der Waals surface area contributed by atoms with Gasteiger partial charge in [0.1, 0.15) is 5.75 Å². The predicted molar refractivity (Wildman–Crippen MR) is 73.4 cm³/mol. The first-order valence-corrected chi connectivity index (χ1v) is 7.31. The van der Waals surface area contributed by atoms with Crippen molar-refractivity contribution in [2.24, 2.45) is 0 Å². The van der Waals surface area contributed by atoms with Crippen molar-refractivity contribution in [3.63, 3.8) is 0 Å². The molecule has 0 atom stereocenters. The molecule has 0 amide bonds. The minimum atomic E-state index is -3.76. The van der Waals surface area contributed by atoms with Crippen LogP contribution in [0, 0.1) is 0 Å². The molecule has 1 aromatic carbocycles. The number of benzene rings is 1. The Labute approximate surface area is 118 Å². The second-order valence-corrected chi connectivity index (χ2v) is 6.50. The summed E-state index contributed by atoms with van der Waals surface area (Å²) in [5, 5.41) is 18.2. The number of hydrogen-bond donors (Lipinski definition) is 2. The zero-order chi connectivity index (χ0) is 15.3. The van der Waals surface area contributed by atoms with Crippen LogP contribution in [0.5, 0.6) is 5.75 Å². The smallest absolute Gasteiger partial charge is 0.304 e. The number of hydrogen-bond acceptors (Lipinski definition) is 4. The Morgan fingerprint density at radius 1 is 1.20 bits per heavy atom. The summed E-state index contributed by atoms with van der Waals surface area (Å²) in [5.41, 5.74) is 0.477.